The van der Waals surface area contributed by atoms with E-state index in [1.54, 1.807) is 0 Å². The summed E-state index contributed by atoms with van der Waals surface area (Å²) in [6.07, 6.45) is 5.76. The Bertz CT molecular complexity index is 1330. The predicted octanol–water partition coefficient (Wildman–Crippen LogP) is 3.04. The molecule has 0 saturated carbocycles. The van der Waals surface area contributed by atoms with Crippen LogP contribution in [0.1, 0.15) is 30.1 Å². The second-order valence-electron chi connectivity index (χ2n) is 10.0. The molecule has 4 heterocycles. The van der Waals surface area contributed by atoms with Crippen molar-refractivity contribution in [2.45, 2.75) is 31.5 Å². The molecule has 0 spiro atoms. The zero-order valence-corrected chi connectivity index (χ0v) is 20.9. The second-order valence-corrected chi connectivity index (χ2v) is 10.0. The molecule has 5 atom stereocenters. The molecule has 2 bridgehead atoms. The van der Waals surface area contributed by atoms with Gasteiger partial charge in [0.15, 0.2) is 0 Å². The van der Waals surface area contributed by atoms with Crippen LogP contribution in [0, 0.1) is 11.8 Å². The molecule has 1 aromatic heterocycles. The number of halogens is 1. The van der Waals surface area contributed by atoms with E-state index in [9.17, 15) is 5.11 Å². The fourth-order valence-corrected chi connectivity index (χ4v) is 6.73. The van der Waals surface area contributed by atoms with Gasteiger partial charge in [-0.2, -0.15) is 0 Å². The Hall–Kier alpha value is -2.53. The maximum atomic E-state index is 11.9. The average molecular weight is 515 g/mol. The summed E-state index contributed by atoms with van der Waals surface area (Å²) in [6.45, 7) is 7.30. The van der Waals surface area contributed by atoms with Gasteiger partial charge in [-0.25, -0.2) is 0 Å². The lowest BCUT2D eigenvalue weighted by Crippen LogP contribution is -3.00. The van der Waals surface area contributed by atoms with Crippen molar-refractivity contribution >= 4 is 21.7 Å². The minimum Gasteiger partial charge on any atom is -1.00 e. The van der Waals surface area contributed by atoms with Gasteiger partial charge < -0.3 is 26.6 Å². The first kappa shape index (κ1) is 23.2. The maximum absolute atomic E-state index is 11.9. The quantitative estimate of drug-likeness (QED) is 0.328. The van der Waals surface area contributed by atoms with E-state index in [1.165, 1.54) is 22.8 Å². The summed E-state index contributed by atoms with van der Waals surface area (Å²) in [5.74, 6) is 1.13. The number of nitrogens with zero attached hydrogens (tertiary/aromatic N) is 2. The van der Waals surface area contributed by atoms with E-state index < -0.39 is 6.10 Å². The molecule has 4 heteroatoms. The summed E-state index contributed by atoms with van der Waals surface area (Å²) in [5.41, 5.74) is 3.35. The van der Waals surface area contributed by atoms with Gasteiger partial charge in [-0.3, -0.25) is 4.98 Å². The maximum Gasteiger partial charge on any atom is 0.131 e. The van der Waals surface area contributed by atoms with Gasteiger partial charge in [0, 0.05) is 35.9 Å². The zero-order chi connectivity index (χ0) is 22.4. The molecule has 174 valence electrons. The van der Waals surface area contributed by atoms with Crippen LogP contribution in [0.5, 0.6) is 0 Å². The third kappa shape index (κ3) is 3.78. The van der Waals surface area contributed by atoms with Crippen molar-refractivity contribution in [3.63, 3.8) is 0 Å². The van der Waals surface area contributed by atoms with Crippen LogP contribution in [0.2, 0.25) is 0 Å². The number of aliphatic hydroxyl groups is 1. The van der Waals surface area contributed by atoms with Crippen molar-refractivity contribution in [1.29, 1.82) is 0 Å². The number of rotatable bonds is 5. The molecule has 3 aliphatic rings. The Kier molecular flexibility index (Phi) is 6.32. The van der Waals surface area contributed by atoms with Crippen LogP contribution in [0.25, 0.3) is 21.7 Å². The molecule has 34 heavy (non-hydrogen) atoms. The molecule has 3 fully saturated rings. The third-order valence-electron chi connectivity index (χ3n) is 8.41. The average Bonchev–Trinajstić information content (AvgIpc) is 2.88. The van der Waals surface area contributed by atoms with Crippen LogP contribution in [-0.2, 0) is 6.54 Å². The Balaban J connectivity index is 0.00000241. The molecular formula is C30H31BrN2O. The first-order valence-electron chi connectivity index (χ1n) is 12.2. The van der Waals surface area contributed by atoms with Crippen LogP contribution in [0.4, 0.5) is 0 Å². The number of quaternary nitrogens is 1. The molecule has 3 aliphatic heterocycles. The summed E-state index contributed by atoms with van der Waals surface area (Å²) < 4.78 is 0.930. The summed E-state index contributed by atoms with van der Waals surface area (Å²) in [5, 5.41) is 15.6. The van der Waals surface area contributed by atoms with E-state index in [0.29, 0.717) is 11.8 Å². The van der Waals surface area contributed by atoms with Gasteiger partial charge in [0.05, 0.1) is 18.6 Å². The minimum absolute atomic E-state index is 0. The number of para-hydroxylation sites is 1. The monoisotopic (exact) mass is 514 g/mol. The topological polar surface area (TPSA) is 33.1 Å². The van der Waals surface area contributed by atoms with E-state index in [2.05, 4.69) is 66.2 Å². The lowest BCUT2D eigenvalue weighted by molar-refractivity contribution is -0.984. The van der Waals surface area contributed by atoms with Crippen molar-refractivity contribution in [3.05, 3.63) is 103 Å². The van der Waals surface area contributed by atoms with Crippen molar-refractivity contribution in [2.75, 3.05) is 13.1 Å². The van der Waals surface area contributed by atoms with Crippen molar-refractivity contribution in [3.8, 4) is 0 Å². The highest BCUT2D eigenvalue weighted by molar-refractivity contribution is 5.85. The van der Waals surface area contributed by atoms with Crippen molar-refractivity contribution in [1.82, 2.24) is 4.98 Å². The number of benzene rings is 3. The summed E-state index contributed by atoms with van der Waals surface area (Å²) in [6, 6.07) is 25.7. The van der Waals surface area contributed by atoms with E-state index in [4.69, 9.17) is 0 Å². The van der Waals surface area contributed by atoms with Gasteiger partial charge in [0.2, 0.25) is 0 Å². The Labute approximate surface area is 212 Å². The number of hydrogen-bond donors (Lipinski definition) is 1. The third-order valence-corrected chi connectivity index (χ3v) is 8.41. The smallest absolute Gasteiger partial charge is 0.131 e. The second kappa shape index (κ2) is 9.26. The van der Waals surface area contributed by atoms with Crippen LogP contribution < -0.4 is 17.0 Å². The number of hydrogen-bond acceptors (Lipinski definition) is 2. The number of aliphatic hydroxyl groups excluding tert-OH is 1. The van der Waals surface area contributed by atoms with E-state index >= 15 is 0 Å². The highest BCUT2D eigenvalue weighted by atomic mass is 79.9. The van der Waals surface area contributed by atoms with Crippen molar-refractivity contribution in [2.24, 2.45) is 11.8 Å². The number of piperidine rings is 3. The van der Waals surface area contributed by atoms with Gasteiger partial charge >= 0.3 is 0 Å². The summed E-state index contributed by atoms with van der Waals surface area (Å²) in [4.78, 5) is 4.53. The molecule has 1 unspecified atom stereocenters. The zero-order valence-electron chi connectivity index (χ0n) is 19.4. The molecule has 3 saturated heterocycles. The fraction of sp³-hybridized carbons (Fsp3) is 0.300. The number of fused-ring (bicyclic) bond motifs is 5. The van der Waals surface area contributed by atoms with Gasteiger partial charge in [-0.05, 0) is 34.4 Å². The Morgan fingerprint density at radius 3 is 2.62 bits per heavy atom. The molecule has 3 aromatic carbocycles. The normalized spacial score (nSPS) is 26.8. The van der Waals surface area contributed by atoms with Gasteiger partial charge in [0.1, 0.15) is 18.7 Å². The summed E-state index contributed by atoms with van der Waals surface area (Å²) in [7, 11) is 0. The molecule has 7 rings (SSSR count). The summed E-state index contributed by atoms with van der Waals surface area (Å²) >= 11 is 0. The molecule has 1 N–H and O–H groups in total. The minimum atomic E-state index is -0.513. The van der Waals surface area contributed by atoms with Gasteiger partial charge in [-0.1, -0.05) is 66.7 Å². The Morgan fingerprint density at radius 1 is 1.00 bits per heavy atom. The molecular weight excluding hydrogens is 484 g/mol. The fourth-order valence-electron chi connectivity index (χ4n) is 6.73. The van der Waals surface area contributed by atoms with Crippen LogP contribution in [0.15, 0.2) is 91.6 Å². The van der Waals surface area contributed by atoms with Gasteiger partial charge in [0.25, 0.3) is 0 Å². The lowest BCUT2D eigenvalue weighted by atomic mass is 9.71. The molecule has 0 amide bonds. The first-order valence-corrected chi connectivity index (χ1v) is 12.2. The predicted molar refractivity (Wildman–Crippen MR) is 135 cm³/mol. The molecule has 4 aromatic rings. The number of aromatic nitrogens is 1. The van der Waals surface area contributed by atoms with E-state index in [0.717, 1.165) is 47.0 Å². The largest absolute Gasteiger partial charge is 1.00 e. The SMILES string of the molecule is C=C[C@H]1C[N+]2(Cc3cccc4ccccc34)CC[C@H]1C[C@@H]2[C@@H](O)c1ccnc2ccccc12.[Br-]. The van der Waals surface area contributed by atoms with Crippen LogP contribution >= 0.6 is 0 Å². The highest BCUT2D eigenvalue weighted by Gasteiger charge is 2.54. The highest BCUT2D eigenvalue weighted by Crippen LogP contribution is 2.48. The molecule has 0 aliphatic carbocycles. The lowest BCUT2D eigenvalue weighted by Gasteiger charge is -2.58. The molecule has 3 nitrogen and oxygen atoms in total. The van der Waals surface area contributed by atoms with Crippen LogP contribution in [0.3, 0.4) is 0 Å². The number of pyridine rings is 1. The standard InChI is InChI=1S/C30H31N2O.BrH/c1-2-21-19-32(20-24-10-7-9-22-8-3-4-11-25(22)24)17-15-23(21)18-29(32)30(33)27-14-16-31-28-13-6-5-12-26(27)28;/h2-14,16,21,23,29-30,33H,1,15,17-20H2;1H/q+1;/p-1/t21-,23-,29+,30-,32?;/m0./s1. The first-order chi connectivity index (χ1) is 16.2. The molecule has 0 radical (unpaired) electrons. The van der Waals surface area contributed by atoms with E-state index in [-0.39, 0.29) is 23.0 Å². The van der Waals surface area contributed by atoms with Crippen LogP contribution in [-0.4, -0.2) is 33.7 Å². The van der Waals surface area contributed by atoms with Crippen molar-refractivity contribution < 1.29 is 26.6 Å². The van der Waals surface area contributed by atoms with Gasteiger partial charge in [-0.15, -0.1) is 6.58 Å². The Morgan fingerprint density at radius 2 is 1.76 bits per heavy atom. The van der Waals surface area contributed by atoms with E-state index in [1.807, 2.05) is 30.5 Å².